The van der Waals surface area contributed by atoms with E-state index in [1.807, 2.05) is 24.3 Å². The second kappa shape index (κ2) is 4.72. The molecule has 0 aliphatic carbocycles. The number of halogens is 2. The van der Waals surface area contributed by atoms with Gasteiger partial charge in [-0.2, -0.15) is 0 Å². The predicted molar refractivity (Wildman–Crippen MR) is 61.7 cm³/mol. The first-order valence-electron chi connectivity index (χ1n) is 3.73. The zero-order valence-corrected chi connectivity index (χ0v) is 10.2. The van der Waals surface area contributed by atoms with Crippen LogP contribution in [0.5, 0.6) is 0 Å². The standard InChI is InChI=1S/C10H8Br2O/c1-7(13)10(12)6-8-2-4-9(11)5-3-8/h2-6H,1H3/b10-6+. The molecule has 0 aliphatic heterocycles. The van der Waals surface area contributed by atoms with Crippen LogP contribution in [0, 0.1) is 0 Å². The summed E-state index contributed by atoms with van der Waals surface area (Å²) in [5.74, 6) is 0.0305. The molecule has 68 valence electrons. The van der Waals surface area contributed by atoms with E-state index in [1.165, 1.54) is 6.92 Å². The second-order valence-corrected chi connectivity index (χ2v) is 4.37. The fourth-order valence-electron chi connectivity index (χ4n) is 0.807. The molecule has 0 unspecified atom stereocenters. The van der Waals surface area contributed by atoms with Gasteiger partial charge >= 0.3 is 0 Å². The van der Waals surface area contributed by atoms with Gasteiger partial charge in [0.15, 0.2) is 5.78 Å². The fraction of sp³-hybridized carbons (Fsp3) is 0.100. The Morgan fingerprint density at radius 2 is 1.85 bits per heavy atom. The largest absolute Gasteiger partial charge is 0.294 e. The van der Waals surface area contributed by atoms with E-state index in [1.54, 1.807) is 6.08 Å². The van der Waals surface area contributed by atoms with Gasteiger partial charge in [0.05, 0.1) is 4.48 Å². The highest BCUT2D eigenvalue weighted by Gasteiger charge is 1.97. The molecule has 0 N–H and O–H groups in total. The summed E-state index contributed by atoms with van der Waals surface area (Å²) in [5.41, 5.74) is 1.00. The number of carbonyl (C=O) groups is 1. The lowest BCUT2D eigenvalue weighted by atomic mass is 10.2. The number of benzene rings is 1. The summed E-state index contributed by atoms with van der Waals surface area (Å²) in [7, 11) is 0. The number of allylic oxidation sites excluding steroid dienone is 1. The molecule has 13 heavy (non-hydrogen) atoms. The molecule has 0 atom stereocenters. The maximum atomic E-state index is 10.9. The number of Topliss-reactive ketones (excluding diaryl/α,β-unsaturated/α-hetero) is 1. The molecule has 0 saturated heterocycles. The SMILES string of the molecule is CC(=O)/C(Br)=C\c1ccc(Br)cc1. The van der Waals surface area contributed by atoms with Crippen molar-refractivity contribution < 1.29 is 4.79 Å². The van der Waals surface area contributed by atoms with Crippen molar-refractivity contribution in [1.29, 1.82) is 0 Å². The van der Waals surface area contributed by atoms with E-state index in [2.05, 4.69) is 31.9 Å². The molecule has 0 spiro atoms. The number of hydrogen-bond acceptors (Lipinski definition) is 1. The smallest absolute Gasteiger partial charge is 0.166 e. The monoisotopic (exact) mass is 302 g/mol. The maximum Gasteiger partial charge on any atom is 0.166 e. The van der Waals surface area contributed by atoms with Crippen LogP contribution in [0.2, 0.25) is 0 Å². The third kappa shape index (κ3) is 3.44. The number of hydrogen-bond donors (Lipinski definition) is 0. The van der Waals surface area contributed by atoms with Gasteiger partial charge in [0.1, 0.15) is 0 Å². The quantitative estimate of drug-likeness (QED) is 0.760. The van der Waals surface area contributed by atoms with Gasteiger partial charge in [-0.3, -0.25) is 4.79 Å². The molecule has 0 saturated carbocycles. The zero-order chi connectivity index (χ0) is 9.84. The molecular weight excluding hydrogens is 296 g/mol. The van der Waals surface area contributed by atoms with Crippen molar-refractivity contribution in [2.75, 3.05) is 0 Å². The van der Waals surface area contributed by atoms with E-state index in [-0.39, 0.29) is 5.78 Å². The second-order valence-electron chi connectivity index (χ2n) is 2.60. The first-order chi connectivity index (χ1) is 6.09. The Hall–Kier alpha value is -0.410. The summed E-state index contributed by atoms with van der Waals surface area (Å²) < 4.78 is 1.62. The van der Waals surface area contributed by atoms with Crippen molar-refractivity contribution in [3.63, 3.8) is 0 Å². The summed E-state index contributed by atoms with van der Waals surface area (Å²) in [4.78, 5) is 10.9. The zero-order valence-electron chi connectivity index (χ0n) is 7.05. The summed E-state index contributed by atoms with van der Waals surface area (Å²) >= 11 is 6.54. The predicted octanol–water partition coefficient (Wildman–Crippen LogP) is 3.77. The lowest BCUT2D eigenvalue weighted by Gasteiger charge is -1.95. The van der Waals surface area contributed by atoms with E-state index < -0.39 is 0 Å². The van der Waals surface area contributed by atoms with Gasteiger partial charge in [-0.05, 0) is 46.6 Å². The highest BCUT2D eigenvalue weighted by molar-refractivity contribution is 9.12. The normalized spacial score (nSPS) is 11.5. The molecule has 0 radical (unpaired) electrons. The van der Waals surface area contributed by atoms with Crippen LogP contribution in [-0.4, -0.2) is 5.78 Å². The minimum Gasteiger partial charge on any atom is -0.294 e. The topological polar surface area (TPSA) is 17.1 Å². The Kier molecular flexibility index (Phi) is 3.88. The van der Waals surface area contributed by atoms with E-state index in [0.29, 0.717) is 4.48 Å². The Labute approximate surface area is 94.1 Å². The molecule has 1 rings (SSSR count). The van der Waals surface area contributed by atoms with Crippen LogP contribution >= 0.6 is 31.9 Å². The molecule has 0 aliphatic rings. The number of rotatable bonds is 2. The summed E-state index contributed by atoms with van der Waals surface area (Å²) in [6.07, 6.45) is 1.80. The van der Waals surface area contributed by atoms with E-state index in [0.717, 1.165) is 10.0 Å². The molecule has 0 bridgehead atoms. The summed E-state index contributed by atoms with van der Waals surface area (Å²) in [5, 5.41) is 0. The fourth-order valence-corrected chi connectivity index (χ4v) is 1.34. The van der Waals surface area contributed by atoms with Crippen LogP contribution in [0.4, 0.5) is 0 Å². The van der Waals surface area contributed by atoms with Gasteiger partial charge in [0.2, 0.25) is 0 Å². The average Bonchev–Trinajstić information content (AvgIpc) is 2.08. The van der Waals surface area contributed by atoms with Gasteiger partial charge in [0, 0.05) is 4.47 Å². The molecule has 0 heterocycles. The van der Waals surface area contributed by atoms with Gasteiger partial charge in [-0.25, -0.2) is 0 Å². The van der Waals surface area contributed by atoms with Gasteiger partial charge in [0.25, 0.3) is 0 Å². The maximum absolute atomic E-state index is 10.9. The summed E-state index contributed by atoms with van der Waals surface area (Å²) in [6, 6.07) is 7.75. The third-order valence-electron chi connectivity index (χ3n) is 1.50. The Morgan fingerprint density at radius 3 is 2.31 bits per heavy atom. The van der Waals surface area contributed by atoms with E-state index >= 15 is 0 Å². The molecule has 3 heteroatoms. The Morgan fingerprint density at radius 1 is 1.31 bits per heavy atom. The van der Waals surface area contributed by atoms with Crippen LogP contribution in [-0.2, 0) is 4.79 Å². The van der Waals surface area contributed by atoms with Crippen molar-refractivity contribution in [3.05, 3.63) is 38.8 Å². The van der Waals surface area contributed by atoms with Crippen molar-refractivity contribution in [1.82, 2.24) is 0 Å². The van der Waals surface area contributed by atoms with E-state index in [9.17, 15) is 4.79 Å². The average molecular weight is 304 g/mol. The minimum atomic E-state index is 0.0305. The third-order valence-corrected chi connectivity index (χ3v) is 2.82. The lowest BCUT2D eigenvalue weighted by molar-refractivity contribution is -0.112. The van der Waals surface area contributed by atoms with Gasteiger partial charge in [-0.1, -0.05) is 28.1 Å². The van der Waals surface area contributed by atoms with Crippen molar-refractivity contribution in [2.45, 2.75) is 6.92 Å². The van der Waals surface area contributed by atoms with E-state index in [4.69, 9.17) is 0 Å². The van der Waals surface area contributed by atoms with Gasteiger partial charge < -0.3 is 0 Å². The van der Waals surface area contributed by atoms with Gasteiger partial charge in [-0.15, -0.1) is 0 Å². The molecule has 1 aromatic rings. The van der Waals surface area contributed by atoms with Crippen LogP contribution in [0.25, 0.3) is 6.08 Å². The van der Waals surface area contributed by atoms with Crippen molar-refractivity contribution >= 4 is 43.7 Å². The van der Waals surface area contributed by atoms with Crippen LogP contribution < -0.4 is 0 Å². The molecular formula is C10H8Br2O. The molecule has 1 nitrogen and oxygen atoms in total. The molecule has 0 fully saturated rings. The first kappa shape index (κ1) is 10.7. The number of carbonyl (C=O) groups excluding carboxylic acids is 1. The highest BCUT2D eigenvalue weighted by Crippen LogP contribution is 2.16. The lowest BCUT2D eigenvalue weighted by Crippen LogP contribution is -1.87. The highest BCUT2D eigenvalue weighted by atomic mass is 79.9. The Bertz CT molecular complexity index is 338. The Balaban J connectivity index is 2.92. The van der Waals surface area contributed by atoms with Crippen LogP contribution in [0.3, 0.4) is 0 Å². The molecule has 0 amide bonds. The molecule has 1 aromatic carbocycles. The first-order valence-corrected chi connectivity index (χ1v) is 5.32. The van der Waals surface area contributed by atoms with Crippen LogP contribution in [0.15, 0.2) is 33.2 Å². The number of ketones is 1. The van der Waals surface area contributed by atoms with Crippen molar-refractivity contribution in [2.24, 2.45) is 0 Å². The van der Waals surface area contributed by atoms with Crippen LogP contribution in [0.1, 0.15) is 12.5 Å². The van der Waals surface area contributed by atoms with Crippen molar-refractivity contribution in [3.8, 4) is 0 Å². The minimum absolute atomic E-state index is 0.0305. The summed E-state index contributed by atoms with van der Waals surface area (Å²) in [6.45, 7) is 1.53. The molecule has 0 aromatic heterocycles.